The first-order valence-corrected chi connectivity index (χ1v) is 19.5. The quantitative estimate of drug-likeness (QED) is 0.0313. The van der Waals surface area contributed by atoms with Crippen LogP contribution in [0.1, 0.15) is 181 Å². The average molecular weight is 647 g/mol. The van der Waals surface area contributed by atoms with E-state index in [9.17, 15) is 14.2 Å². The van der Waals surface area contributed by atoms with E-state index in [0.29, 0.717) is 6.42 Å². The van der Waals surface area contributed by atoms with E-state index in [2.05, 4.69) is 30.5 Å². The molecule has 0 heterocycles. The molecule has 0 bridgehead atoms. The monoisotopic (exact) mass is 646 g/mol. The molecule has 0 saturated carbocycles. The fourth-order valence-electron chi connectivity index (χ4n) is 5.07. The van der Waals surface area contributed by atoms with Gasteiger partial charge in [-0.05, 0) is 38.5 Å². The van der Waals surface area contributed by atoms with Crippen molar-refractivity contribution in [3.05, 3.63) is 12.2 Å². The van der Waals surface area contributed by atoms with Crippen molar-refractivity contribution in [1.29, 1.82) is 0 Å². The van der Waals surface area contributed by atoms with Crippen LogP contribution in [0, 0.1) is 0 Å². The third-order valence-corrected chi connectivity index (χ3v) is 8.27. The molecule has 0 rings (SSSR count). The van der Waals surface area contributed by atoms with Gasteiger partial charge in [0.1, 0.15) is 6.61 Å². The second kappa shape index (κ2) is 31.8. The summed E-state index contributed by atoms with van der Waals surface area (Å²) in [5, 5.41) is 0. The SMILES string of the molecule is CCCCCC/C=C/CCCCCCCCCC(=O)OC[C@H](COP(=O)(O)O)OC(=O)CCCCCCCCCCCCC. The van der Waals surface area contributed by atoms with Gasteiger partial charge in [0.25, 0.3) is 0 Å². The Morgan fingerprint density at radius 1 is 0.568 bits per heavy atom. The number of phosphoric ester groups is 1. The van der Waals surface area contributed by atoms with Gasteiger partial charge in [-0.3, -0.25) is 14.1 Å². The van der Waals surface area contributed by atoms with Crippen LogP contribution in [0.4, 0.5) is 0 Å². The lowest BCUT2D eigenvalue weighted by molar-refractivity contribution is -0.161. The van der Waals surface area contributed by atoms with Gasteiger partial charge in [-0.2, -0.15) is 0 Å². The van der Waals surface area contributed by atoms with Gasteiger partial charge in [0.15, 0.2) is 6.10 Å². The zero-order valence-corrected chi connectivity index (χ0v) is 29.2. The number of carbonyl (C=O) groups is 2. The van der Waals surface area contributed by atoms with E-state index >= 15 is 0 Å². The van der Waals surface area contributed by atoms with Crippen LogP contribution in [0.5, 0.6) is 0 Å². The van der Waals surface area contributed by atoms with Crippen molar-refractivity contribution in [3.8, 4) is 0 Å². The van der Waals surface area contributed by atoms with Gasteiger partial charge in [0.2, 0.25) is 0 Å². The summed E-state index contributed by atoms with van der Waals surface area (Å²) in [6, 6.07) is 0. The number of ether oxygens (including phenoxy) is 2. The molecule has 0 aliphatic carbocycles. The summed E-state index contributed by atoms with van der Waals surface area (Å²) in [5.74, 6) is -0.885. The number of hydrogen-bond donors (Lipinski definition) is 2. The Morgan fingerprint density at radius 2 is 0.955 bits per heavy atom. The molecule has 44 heavy (non-hydrogen) atoms. The van der Waals surface area contributed by atoms with Crippen LogP contribution < -0.4 is 0 Å². The number of phosphoric acid groups is 1. The molecule has 8 nitrogen and oxygen atoms in total. The molecule has 0 aliphatic rings. The first kappa shape index (κ1) is 42.8. The highest BCUT2D eigenvalue weighted by Crippen LogP contribution is 2.36. The molecule has 0 saturated heterocycles. The number of rotatable bonds is 33. The fraction of sp³-hybridized carbons (Fsp3) is 0.886. The minimum absolute atomic E-state index is 0.215. The van der Waals surface area contributed by atoms with E-state index < -0.39 is 32.5 Å². The highest BCUT2D eigenvalue weighted by atomic mass is 31.2. The summed E-state index contributed by atoms with van der Waals surface area (Å²) in [6.45, 7) is 3.65. The Balaban J connectivity index is 3.96. The van der Waals surface area contributed by atoms with Gasteiger partial charge in [-0.25, -0.2) is 4.57 Å². The lowest BCUT2D eigenvalue weighted by Crippen LogP contribution is -2.29. The van der Waals surface area contributed by atoms with Crippen LogP contribution >= 0.6 is 7.82 Å². The Labute approximate surface area is 269 Å². The van der Waals surface area contributed by atoms with E-state index in [-0.39, 0.29) is 19.4 Å². The van der Waals surface area contributed by atoms with Crippen molar-refractivity contribution in [2.24, 2.45) is 0 Å². The molecule has 0 radical (unpaired) electrons. The van der Waals surface area contributed by atoms with Gasteiger partial charge < -0.3 is 19.3 Å². The van der Waals surface area contributed by atoms with Gasteiger partial charge in [0, 0.05) is 12.8 Å². The molecular weight excluding hydrogens is 579 g/mol. The molecule has 0 fully saturated rings. The maximum absolute atomic E-state index is 12.3. The Hall–Kier alpha value is -1.21. The van der Waals surface area contributed by atoms with Crippen molar-refractivity contribution in [2.45, 2.75) is 187 Å². The summed E-state index contributed by atoms with van der Waals surface area (Å²) >= 11 is 0. The molecule has 9 heteroatoms. The zero-order chi connectivity index (χ0) is 32.6. The lowest BCUT2D eigenvalue weighted by Gasteiger charge is -2.18. The second-order valence-electron chi connectivity index (χ2n) is 12.2. The molecule has 0 spiro atoms. The largest absolute Gasteiger partial charge is 0.469 e. The van der Waals surface area contributed by atoms with Crippen LogP contribution in [-0.4, -0.2) is 41.0 Å². The minimum atomic E-state index is -4.74. The highest BCUT2D eigenvalue weighted by molar-refractivity contribution is 7.46. The predicted octanol–water partition coefficient (Wildman–Crippen LogP) is 10.3. The third-order valence-electron chi connectivity index (χ3n) is 7.78. The highest BCUT2D eigenvalue weighted by Gasteiger charge is 2.22. The number of esters is 2. The van der Waals surface area contributed by atoms with E-state index in [1.165, 1.54) is 96.3 Å². The summed E-state index contributed by atoms with van der Waals surface area (Å²) in [7, 11) is -4.74. The Bertz CT molecular complexity index is 736. The minimum Gasteiger partial charge on any atom is -0.462 e. The second-order valence-corrected chi connectivity index (χ2v) is 13.4. The number of allylic oxidation sites excluding steroid dienone is 2. The molecule has 2 N–H and O–H groups in total. The predicted molar refractivity (Wildman–Crippen MR) is 179 cm³/mol. The van der Waals surface area contributed by atoms with Crippen LogP contribution in [0.3, 0.4) is 0 Å². The van der Waals surface area contributed by atoms with Crippen molar-refractivity contribution >= 4 is 19.8 Å². The van der Waals surface area contributed by atoms with Crippen LogP contribution in [0.2, 0.25) is 0 Å². The van der Waals surface area contributed by atoms with Crippen molar-refractivity contribution in [3.63, 3.8) is 0 Å². The van der Waals surface area contributed by atoms with Crippen molar-refractivity contribution < 1.29 is 37.9 Å². The molecule has 0 amide bonds. The molecule has 0 aromatic heterocycles. The van der Waals surface area contributed by atoms with Crippen LogP contribution in [0.25, 0.3) is 0 Å². The van der Waals surface area contributed by atoms with Crippen molar-refractivity contribution in [2.75, 3.05) is 13.2 Å². The number of unbranched alkanes of at least 4 members (excludes halogenated alkanes) is 21. The third kappa shape index (κ3) is 33.7. The summed E-state index contributed by atoms with van der Waals surface area (Å²) < 4.78 is 26.2. The molecule has 0 aromatic rings. The smallest absolute Gasteiger partial charge is 0.462 e. The summed E-state index contributed by atoms with van der Waals surface area (Å²) in [6.07, 6.45) is 32.2. The number of carbonyl (C=O) groups excluding carboxylic acids is 2. The standard InChI is InChI=1S/C35H67O8P/c1-3-5-7-9-11-13-15-16-17-18-20-21-23-25-27-29-34(36)41-31-33(32-42-44(38,39)40)43-35(37)30-28-26-24-22-19-14-12-10-8-6-4-2/h13,15,33H,3-12,14,16-32H2,1-2H3,(H2,38,39,40)/b15-13+/t33-/m1/s1. The van der Waals surface area contributed by atoms with Gasteiger partial charge in [0.05, 0.1) is 6.61 Å². The van der Waals surface area contributed by atoms with Gasteiger partial charge >= 0.3 is 19.8 Å². The lowest BCUT2D eigenvalue weighted by atomic mass is 10.1. The molecule has 0 aromatic carbocycles. The molecular formula is C35H67O8P. The fourth-order valence-corrected chi connectivity index (χ4v) is 5.43. The Morgan fingerprint density at radius 3 is 1.41 bits per heavy atom. The molecule has 0 unspecified atom stereocenters. The van der Waals surface area contributed by atoms with Gasteiger partial charge in [-0.1, -0.05) is 142 Å². The van der Waals surface area contributed by atoms with Crippen LogP contribution in [-0.2, 0) is 28.2 Å². The summed E-state index contributed by atoms with van der Waals surface area (Å²) in [5.41, 5.74) is 0. The van der Waals surface area contributed by atoms with E-state index in [1.807, 2.05) is 0 Å². The maximum Gasteiger partial charge on any atom is 0.469 e. The Kier molecular flexibility index (Phi) is 30.9. The normalized spacial score (nSPS) is 12.5. The van der Waals surface area contributed by atoms with E-state index in [1.54, 1.807) is 0 Å². The van der Waals surface area contributed by atoms with Crippen molar-refractivity contribution in [1.82, 2.24) is 0 Å². The van der Waals surface area contributed by atoms with E-state index in [4.69, 9.17) is 19.3 Å². The molecule has 1 atom stereocenters. The topological polar surface area (TPSA) is 119 Å². The summed E-state index contributed by atoms with van der Waals surface area (Å²) in [4.78, 5) is 42.6. The zero-order valence-electron chi connectivity index (χ0n) is 28.3. The molecule has 0 aliphatic heterocycles. The van der Waals surface area contributed by atoms with E-state index in [0.717, 1.165) is 51.4 Å². The van der Waals surface area contributed by atoms with Gasteiger partial charge in [-0.15, -0.1) is 0 Å². The van der Waals surface area contributed by atoms with Crippen LogP contribution in [0.15, 0.2) is 12.2 Å². The molecule has 260 valence electrons. The average Bonchev–Trinajstić information content (AvgIpc) is 2.98. The first-order valence-electron chi connectivity index (χ1n) is 18.0. The number of hydrogen-bond acceptors (Lipinski definition) is 6. The first-order chi connectivity index (χ1) is 21.3. The maximum atomic E-state index is 12.3.